The maximum absolute atomic E-state index is 11.8. The van der Waals surface area contributed by atoms with E-state index in [0.29, 0.717) is 17.3 Å². The summed E-state index contributed by atoms with van der Waals surface area (Å²) in [6, 6.07) is 0.393. The van der Waals surface area contributed by atoms with Crippen LogP contribution in [0.2, 0.25) is 0 Å². The fourth-order valence-electron chi connectivity index (χ4n) is 2.96. The minimum Gasteiger partial charge on any atom is -0.353 e. The molecular weight excluding hydrogens is 222 g/mol. The van der Waals surface area contributed by atoms with E-state index in [0.717, 1.165) is 32.1 Å². The van der Waals surface area contributed by atoms with Crippen molar-refractivity contribution in [1.29, 1.82) is 0 Å². The zero-order chi connectivity index (χ0) is 11.4. The molecule has 0 atom stereocenters. The Morgan fingerprint density at radius 1 is 1.06 bits per heavy atom. The highest BCUT2D eigenvalue weighted by Gasteiger charge is 2.23. The van der Waals surface area contributed by atoms with Crippen LogP contribution in [0, 0.1) is 5.92 Å². The third kappa shape index (κ3) is 3.65. The molecule has 3 heteroatoms. The lowest BCUT2D eigenvalue weighted by Crippen LogP contribution is -2.38. The van der Waals surface area contributed by atoms with Crippen molar-refractivity contribution in [3.05, 3.63) is 0 Å². The first-order chi connectivity index (χ1) is 7.74. The second kappa shape index (κ2) is 5.90. The van der Waals surface area contributed by atoms with Gasteiger partial charge < -0.3 is 5.32 Å². The molecule has 2 aliphatic rings. The Morgan fingerprint density at radius 2 is 1.69 bits per heavy atom. The van der Waals surface area contributed by atoms with Crippen LogP contribution in [0.25, 0.3) is 0 Å². The van der Waals surface area contributed by atoms with Crippen molar-refractivity contribution in [3.63, 3.8) is 0 Å². The number of rotatable bonds is 3. The number of hydrogen-bond acceptors (Lipinski definition) is 1. The first-order valence-electron chi connectivity index (χ1n) is 6.67. The van der Waals surface area contributed by atoms with E-state index in [2.05, 4.69) is 5.32 Å². The van der Waals surface area contributed by atoms with Gasteiger partial charge in [-0.25, -0.2) is 0 Å². The summed E-state index contributed by atoms with van der Waals surface area (Å²) in [7, 11) is 0. The molecule has 2 saturated carbocycles. The summed E-state index contributed by atoms with van der Waals surface area (Å²) in [5, 5.41) is 3.50. The lowest BCUT2D eigenvalue weighted by molar-refractivity contribution is -0.122. The molecule has 0 aromatic heterocycles. The Labute approximate surface area is 103 Å². The Balaban J connectivity index is 1.66. The van der Waals surface area contributed by atoms with Gasteiger partial charge in [-0.3, -0.25) is 4.79 Å². The molecule has 0 radical (unpaired) electrons. The topological polar surface area (TPSA) is 29.1 Å². The second-order valence-electron chi connectivity index (χ2n) is 5.37. The second-order valence-corrected chi connectivity index (χ2v) is 5.99. The van der Waals surface area contributed by atoms with Gasteiger partial charge >= 0.3 is 0 Å². The van der Waals surface area contributed by atoms with Crippen molar-refractivity contribution in [2.45, 2.75) is 69.2 Å². The third-order valence-corrected chi connectivity index (χ3v) is 4.41. The minimum absolute atomic E-state index is 0.268. The summed E-state index contributed by atoms with van der Waals surface area (Å²) in [4.78, 5) is 11.8. The molecule has 1 N–H and O–H groups in total. The molecule has 92 valence electrons. The van der Waals surface area contributed by atoms with Crippen LogP contribution in [0.15, 0.2) is 0 Å². The van der Waals surface area contributed by atoms with Crippen molar-refractivity contribution in [2.75, 3.05) is 0 Å². The fraction of sp³-hybridized carbons (Fsp3) is 0.923. The van der Waals surface area contributed by atoms with Gasteiger partial charge in [0.2, 0.25) is 5.91 Å². The van der Waals surface area contributed by atoms with Crippen LogP contribution in [0.4, 0.5) is 0 Å². The largest absolute Gasteiger partial charge is 0.353 e. The van der Waals surface area contributed by atoms with E-state index in [1.165, 1.54) is 25.7 Å². The molecular formula is C13H22ClNO. The number of hydrogen-bond donors (Lipinski definition) is 1. The van der Waals surface area contributed by atoms with Crippen LogP contribution in [-0.2, 0) is 4.79 Å². The standard InChI is InChI=1S/C13H22ClNO/c14-11-5-7-12(8-6-11)15-13(16)9-10-3-1-2-4-10/h10-12H,1-9H2,(H,15,16). The number of carbonyl (C=O) groups excluding carboxylic acids is 1. The van der Waals surface area contributed by atoms with Gasteiger partial charge in [0.05, 0.1) is 0 Å². The third-order valence-electron chi connectivity index (χ3n) is 3.97. The van der Waals surface area contributed by atoms with Crippen molar-refractivity contribution >= 4 is 17.5 Å². The Hall–Kier alpha value is -0.240. The molecule has 0 unspecified atom stereocenters. The van der Waals surface area contributed by atoms with Crippen LogP contribution in [0.1, 0.15) is 57.8 Å². The molecule has 1 amide bonds. The first-order valence-corrected chi connectivity index (χ1v) is 7.11. The monoisotopic (exact) mass is 243 g/mol. The minimum atomic E-state index is 0.268. The van der Waals surface area contributed by atoms with Crippen molar-refractivity contribution in [3.8, 4) is 0 Å². The Kier molecular flexibility index (Phi) is 4.51. The molecule has 2 fully saturated rings. The number of amides is 1. The molecule has 0 aromatic rings. The van der Waals surface area contributed by atoms with Crippen LogP contribution in [-0.4, -0.2) is 17.3 Å². The zero-order valence-electron chi connectivity index (χ0n) is 9.88. The van der Waals surface area contributed by atoms with Crippen LogP contribution in [0.3, 0.4) is 0 Å². The molecule has 0 bridgehead atoms. The van der Waals surface area contributed by atoms with Gasteiger partial charge in [0.25, 0.3) is 0 Å². The smallest absolute Gasteiger partial charge is 0.220 e. The maximum atomic E-state index is 11.8. The molecule has 16 heavy (non-hydrogen) atoms. The fourth-order valence-corrected chi connectivity index (χ4v) is 3.21. The van der Waals surface area contributed by atoms with E-state index in [1.807, 2.05) is 0 Å². The van der Waals surface area contributed by atoms with Gasteiger partial charge in [-0.2, -0.15) is 0 Å². The van der Waals surface area contributed by atoms with Gasteiger partial charge in [-0.1, -0.05) is 12.8 Å². The molecule has 0 heterocycles. The predicted molar refractivity (Wildman–Crippen MR) is 66.6 cm³/mol. The SMILES string of the molecule is O=C(CC1CCCC1)NC1CCC(Cl)CC1. The number of nitrogens with one attached hydrogen (secondary N) is 1. The summed E-state index contributed by atoms with van der Waals surface area (Å²) in [6.45, 7) is 0. The van der Waals surface area contributed by atoms with Crippen LogP contribution >= 0.6 is 11.6 Å². The Morgan fingerprint density at radius 3 is 2.31 bits per heavy atom. The predicted octanol–water partition coefficient (Wildman–Crippen LogP) is 3.23. The summed E-state index contributed by atoms with van der Waals surface area (Å²) >= 11 is 6.04. The van der Waals surface area contributed by atoms with Crippen molar-refractivity contribution < 1.29 is 4.79 Å². The van der Waals surface area contributed by atoms with E-state index in [9.17, 15) is 4.79 Å². The van der Waals surface area contributed by atoms with Gasteiger partial charge in [-0.15, -0.1) is 11.6 Å². The molecule has 0 spiro atoms. The van der Waals surface area contributed by atoms with Crippen LogP contribution in [0.5, 0.6) is 0 Å². The van der Waals surface area contributed by atoms with Gasteiger partial charge in [-0.05, 0) is 44.4 Å². The molecule has 0 saturated heterocycles. The molecule has 0 aromatic carbocycles. The van der Waals surface area contributed by atoms with E-state index < -0.39 is 0 Å². The maximum Gasteiger partial charge on any atom is 0.220 e. The number of halogens is 1. The summed E-state index contributed by atoms with van der Waals surface area (Å²) in [5.41, 5.74) is 0. The van der Waals surface area contributed by atoms with Gasteiger partial charge in [0, 0.05) is 17.8 Å². The number of alkyl halides is 1. The zero-order valence-corrected chi connectivity index (χ0v) is 10.6. The summed E-state index contributed by atoms with van der Waals surface area (Å²) in [5.74, 6) is 0.925. The molecule has 2 aliphatic carbocycles. The highest BCUT2D eigenvalue weighted by molar-refractivity contribution is 6.20. The average Bonchev–Trinajstić information content (AvgIpc) is 2.74. The highest BCUT2D eigenvalue weighted by Crippen LogP contribution is 2.28. The first kappa shape index (κ1) is 12.2. The van der Waals surface area contributed by atoms with Gasteiger partial charge in [0.15, 0.2) is 0 Å². The molecule has 0 aliphatic heterocycles. The average molecular weight is 244 g/mol. The van der Waals surface area contributed by atoms with Crippen LogP contribution < -0.4 is 5.32 Å². The number of carbonyl (C=O) groups is 1. The lowest BCUT2D eigenvalue weighted by atomic mass is 9.94. The molecule has 2 nitrogen and oxygen atoms in total. The quantitative estimate of drug-likeness (QED) is 0.758. The van der Waals surface area contributed by atoms with Crippen molar-refractivity contribution in [2.24, 2.45) is 5.92 Å². The Bertz CT molecular complexity index is 230. The highest BCUT2D eigenvalue weighted by atomic mass is 35.5. The van der Waals surface area contributed by atoms with Gasteiger partial charge in [0.1, 0.15) is 0 Å². The lowest BCUT2D eigenvalue weighted by Gasteiger charge is -2.26. The van der Waals surface area contributed by atoms with E-state index >= 15 is 0 Å². The van der Waals surface area contributed by atoms with E-state index in [-0.39, 0.29) is 5.91 Å². The molecule has 2 rings (SSSR count). The summed E-state index contributed by atoms with van der Waals surface area (Å²) in [6.07, 6.45) is 10.1. The van der Waals surface area contributed by atoms with Crippen molar-refractivity contribution in [1.82, 2.24) is 5.32 Å². The summed E-state index contributed by atoms with van der Waals surface area (Å²) < 4.78 is 0. The normalized spacial score (nSPS) is 31.6. The van der Waals surface area contributed by atoms with E-state index in [4.69, 9.17) is 11.6 Å². The van der Waals surface area contributed by atoms with E-state index in [1.54, 1.807) is 0 Å².